The lowest BCUT2D eigenvalue weighted by molar-refractivity contribution is 0.165. The quantitative estimate of drug-likeness (QED) is 0.727. The van der Waals surface area contributed by atoms with Gasteiger partial charge in [-0.05, 0) is 12.5 Å². The van der Waals surface area contributed by atoms with E-state index in [1.807, 2.05) is 12.1 Å². The van der Waals surface area contributed by atoms with Gasteiger partial charge in [-0.3, -0.25) is 0 Å². The third-order valence-electron chi connectivity index (χ3n) is 2.13. The van der Waals surface area contributed by atoms with Gasteiger partial charge < -0.3 is 14.6 Å². The van der Waals surface area contributed by atoms with Crippen LogP contribution < -0.4 is 9.47 Å². The molecule has 0 bridgehead atoms. The monoisotopic (exact) mass is 192 g/mol. The van der Waals surface area contributed by atoms with Crippen molar-refractivity contribution in [3.63, 3.8) is 0 Å². The van der Waals surface area contributed by atoms with Crippen LogP contribution >= 0.6 is 0 Å². The summed E-state index contributed by atoms with van der Waals surface area (Å²) in [4.78, 5) is 0. The van der Waals surface area contributed by atoms with Crippen LogP contribution in [0, 0.1) is 0 Å². The topological polar surface area (TPSA) is 38.7 Å². The molecule has 3 heteroatoms. The minimum atomic E-state index is 0.169. The lowest BCUT2D eigenvalue weighted by Gasteiger charge is -2.20. The van der Waals surface area contributed by atoms with Crippen molar-refractivity contribution in [2.45, 2.75) is 6.42 Å². The van der Waals surface area contributed by atoms with E-state index < -0.39 is 0 Å². The molecule has 0 saturated carbocycles. The van der Waals surface area contributed by atoms with Crippen molar-refractivity contribution in [2.75, 3.05) is 13.2 Å². The van der Waals surface area contributed by atoms with Crippen LogP contribution in [0.5, 0.6) is 17.2 Å². The molecular weight excluding hydrogens is 180 g/mol. The average Bonchev–Trinajstić information content (AvgIpc) is 2.23. The summed E-state index contributed by atoms with van der Waals surface area (Å²) in [5.74, 6) is 1.24. The molecule has 3 nitrogen and oxygen atoms in total. The van der Waals surface area contributed by atoms with Crippen LogP contribution in [-0.4, -0.2) is 18.3 Å². The Balaban J connectivity index is 2.43. The van der Waals surface area contributed by atoms with Gasteiger partial charge in [-0.25, -0.2) is 0 Å². The maximum atomic E-state index is 9.81. The average molecular weight is 192 g/mol. The fraction of sp³-hybridized carbons (Fsp3) is 0.273. The van der Waals surface area contributed by atoms with E-state index >= 15 is 0 Å². The Bertz CT molecular complexity index is 358. The zero-order valence-corrected chi connectivity index (χ0v) is 7.82. The molecule has 0 amide bonds. The summed E-state index contributed by atoms with van der Waals surface area (Å²) in [6.07, 6.45) is 2.37. The Kier molecular flexibility index (Phi) is 2.31. The molecule has 1 aromatic rings. The molecule has 1 aliphatic rings. The summed E-state index contributed by atoms with van der Waals surface area (Å²) < 4.78 is 10.7. The van der Waals surface area contributed by atoms with Gasteiger partial charge >= 0.3 is 0 Å². The Morgan fingerprint density at radius 2 is 2.14 bits per heavy atom. The zero-order valence-electron chi connectivity index (χ0n) is 7.82. The number of hydrogen-bond acceptors (Lipinski definition) is 3. The lowest BCUT2D eigenvalue weighted by atomic mass is 10.1. The number of rotatable bonds is 2. The fourth-order valence-corrected chi connectivity index (χ4v) is 1.46. The number of phenols is 1. The largest absolute Gasteiger partial charge is 0.504 e. The third kappa shape index (κ3) is 1.41. The smallest absolute Gasteiger partial charge is 0.203 e. The first kappa shape index (κ1) is 8.94. The highest BCUT2D eigenvalue weighted by Crippen LogP contribution is 2.40. The molecule has 1 aliphatic heterocycles. The summed E-state index contributed by atoms with van der Waals surface area (Å²) in [5, 5.41) is 9.81. The van der Waals surface area contributed by atoms with Gasteiger partial charge in [0.1, 0.15) is 13.2 Å². The molecule has 1 N–H and O–H groups in total. The van der Waals surface area contributed by atoms with E-state index in [9.17, 15) is 5.11 Å². The molecular formula is C11H12O3. The number of aromatic hydroxyl groups is 1. The van der Waals surface area contributed by atoms with Gasteiger partial charge in [0.05, 0.1) is 0 Å². The molecule has 0 fully saturated rings. The molecule has 74 valence electrons. The lowest BCUT2D eigenvalue weighted by Crippen LogP contribution is -2.15. The number of allylic oxidation sites excluding steroid dienone is 1. The molecule has 0 aliphatic carbocycles. The van der Waals surface area contributed by atoms with Crippen LogP contribution in [-0.2, 0) is 6.42 Å². The first-order valence-electron chi connectivity index (χ1n) is 4.54. The minimum Gasteiger partial charge on any atom is -0.504 e. The van der Waals surface area contributed by atoms with Crippen molar-refractivity contribution in [3.8, 4) is 17.2 Å². The van der Waals surface area contributed by atoms with Crippen molar-refractivity contribution in [1.82, 2.24) is 0 Å². The van der Waals surface area contributed by atoms with E-state index in [-0.39, 0.29) is 5.75 Å². The van der Waals surface area contributed by atoms with Gasteiger partial charge in [-0.15, -0.1) is 6.58 Å². The van der Waals surface area contributed by atoms with E-state index in [1.165, 1.54) is 0 Å². The van der Waals surface area contributed by atoms with Gasteiger partial charge in [-0.2, -0.15) is 0 Å². The van der Waals surface area contributed by atoms with Gasteiger partial charge in [0.15, 0.2) is 11.5 Å². The molecule has 1 aromatic carbocycles. The Labute approximate surface area is 82.6 Å². The van der Waals surface area contributed by atoms with Crippen molar-refractivity contribution >= 4 is 0 Å². The normalized spacial score (nSPS) is 13.7. The van der Waals surface area contributed by atoms with Crippen molar-refractivity contribution in [3.05, 3.63) is 30.4 Å². The highest BCUT2D eigenvalue weighted by molar-refractivity contribution is 5.55. The van der Waals surface area contributed by atoms with Crippen molar-refractivity contribution < 1.29 is 14.6 Å². The van der Waals surface area contributed by atoms with Crippen LogP contribution in [0.25, 0.3) is 0 Å². The number of ether oxygens (including phenoxy) is 2. The van der Waals surface area contributed by atoms with E-state index in [2.05, 4.69) is 6.58 Å². The van der Waals surface area contributed by atoms with Gasteiger partial charge in [0.2, 0.25) is 5.75 Å². The second-order valence-electron chi connectivity index (χ2n) is 3.09. The first-order valence-corrected chi connectivity index (χ1v) is 4.54. The predicted octanol–water partition coefficient (Wildman–Crippen LogP) is 1.89. The molecule has 1 heterocycles. The second-order valence-corrected chi connectivity index (χ2v) is 3.09. The Morgan fingerprint density at radius 3 is 2.93 bits per heavy atom. The van der Waals surface area contributed by atoms with Crippen LogP contribution in [0.4, 0.5) is 0 Å². The van der Waals surface area contributed by atoms with Gasteiger partial charge in [-0.1, -0.05) is 12.1 Å². The fourth-order valence-electron chi connectivity index (χ4n) is 1.46. The minimum absolute atomic E-state index is 0.169. The Hall–Kier alpha value is -1.64. The number of hydrogen-bond donors (Lipinski definition) is 1. The maximum absolute atomic E-state index is 9.81. The molecule has 2 rings (SSSR count). The molecule has 0 radical (unpaired) electrons. The zero-order chi connectivity index (χ0) is 9.97. The van der Waals surface area contributed by atoms with E-state index in [0.717, 1.165) is 5.56 Å². The van der Waals surface area contributed by atoms with Crippen LogP contribution in [0.1, 0.15) is 5.56 Å². The highest BCUT2D eigenvalue weighted by Gasteiger charge is 2.17. The molecule has 14 heavy (non-hydrogen) atoms. The Morgan fingerprint density at radius 1 is 1.36 bits per heavy atom. The molecule has 0 unspecified atom stereocenters. The number of phenolic OH excluding ortho intramolecular Hbond substituents is 1. The SMILES string of the molecule is C=CCc1ccc2c(c1O)OCCO2. The summed E-state index contributed by atoms with van der Waals surface area (Å²) >= 11 is 0. The maximum Gasteiger partial charge on any atom is 0.203 e. The number of fused-ring (bicyclic) bond motifs is 1. The third-order valence-corrected chi connectivity index (χ3v) is 2.13. The van der Waals surface area contributed by atoms with Crippen LogP contribution in [0.15, 0.2) is 24.8 Å². The van der Waals surface area contributed by atoms with Gasteiger partial charge in [0.25, 0.3) is 0 Å². The standard InChI is InChI=1S/C11H12O3/c1-2-3-8-4-5-9-11(10(8)12)14-7-6-13-9/h2,4-5,12H,1,3,6-7H2. The van der Waals surface area contributed by atoms with E-state index in [1.54, 1.807) is 6.08 Å². The summed E-state index contributed by atoms with van der Waals surface area (Å²) in [6, 6.07) is 3.64. The van der Waals surface area contributed by atoms with E-state index in [0.29, 0.717) is 31.1 Å². The van der Waals surface area contributed by atoms with Crippen LogP contribution in [0.3, 0.4) is 0 Å². The summed E-state index contributed by atoms with van der Waals surface area (Å²) in [5.41, 5.74) is 0.809. The van der Waals surface area contributed by atoms with Crippen LogP contribution in [0.2, 0.25) is 0 Å². The summed E-state index contributed by atoms with van der Waals surface area (Å²) in [6.45, 7) is 4.65. The van der Waals surface area contributed by atoms with Crippen molar-refractivity contribution in [2.24, 2.45) is 0 Å². The van der Waals surface area contributed by atoms with Crippen molar-refractivity contribution in [1.29, 1.82) is 0 Å². The summed E-state index contributed by atoms with van der Waals surface area (Å²) in [7, 11) is 0. The molecule has 0 atom stereocenters. The second kappa shape index (κ2) is 3.62. The molecule has 0 spiro atoms. The first-order chi connectivity index (χ1) is 6.83. The molecule has 0 aromatic heterocycles. The number of benzene rings is 1. The van der Waals surface area contributed by atoms with Gasteiger partial charge in [0, 0.05) is 5.56 Å². The predicted molar refractivity (Wildman–Crippen MR) is 53.0 cm³/mol. The highest BCUT2D eigenvalue weighted by atomic mass is 16.6. The van der Waals surface area contributed by atoms with E-state index in [4.69, 9.17) is 9.47 Å². The molecule has 0 saturated heterocycles.